The fourth-order valence-electron chi connectivity index (χ4n) is 5.76. The molecule has 6 rings (SSSR count). The molecular weight excluding hydrogens is 396 g/mol. The molecule has 148 valence electrons. The standard InChI is InChI=1S/C21H23ClN2O3S/c22-16-1-3-17(4-2-16)26-11-19-23-24-20(27-19)28-12-18(25)21-8-13-5-14(9-21)7-15(6-13)10-21/h1-4,13-15H,5-12H2. The number of halogens is 1. The molecule has 0 amide bonds. The molecular formula is C21H23ClN2O3S. The van der Waals surface area contributed by atoms with Gasteiger partial charge in [0.05, 0.1) is 5.75 Å². The number of Topliss-reactive ketones (excluding diaryl/α,β-unsaturated/α-hetero) is 1. The number of thioether (sulfide) groups is 1. The maximum absolute atomic E-state index is 13.1. The third-order valence-corrected chi connectivity index (χ3v) is 7.65. The number of hydrogen-bond donors (Lipinski definition) is 0. The number of ketones is 1. The molecule has 4 aliphatic carbocycles. The molecule has 0 atom stereocenters. The number of nitrogens with zero attached hydrogens (tertiary/aromatic N) is 2. The Balaban J connectivity index is 1.15. The van der Waals surface area contributed by atoms with Crippen molar-refractivity contribution in [1.82, 2.24) is 10.2 Å². The van der Waals surface area contributed by atoms with Crippen molar-refractivity contribution in [2.45, 2.75) is 50.4 Å². The Morgan fingerprint density at radius 1 is 1.11 bits per heavy atom. The van der Waals surface area contributed by atoms with Crippen LogP contribution in [0.15, 0.2) is 33.9 Å². The molecule has 1 aromatic heterocycles. The summed E-state index contributed by atoms with van der Waals surface area (Å²) in [5.74, 6) is 4.23. The summed E-state index contributed by atoms with van der Waals surface area (Å²) >= 11 is 7.22. The molecule has 7 heteroatoms. The van der Waals surface area contributed by atoms with E-state index in [0.717, 1.165) is 37.0 Å². The molecule has 4 bridgehead atoms. The van der Waals surface area contributed by atoms with Gasteiger partial charge in [-0.1, -0.05) is 23.4 Å². The number of carbonyl (C=O) groups excluding carboxylic acids is 1. The molecule has 4 saturated carbocycles. The predicted molar refractivity (Wildman–Crippen MR) is 106 cm³/mol. The third kappa shape index (κ3) is 3.69. The number of rotatable bonds is 7. The smallest absolute Gasteiger partial charge is 0.277 e. The summed E-state index contributed by atoms with van der Waals surface area (Å²) < 4.78 is 11.3. The van der Waals surface area contributed by atoms with E-state index in [9.17, 15) is 4.79 Å². The molecule has 4 fully saturated rings. The normalized spacial score (nSPS) is 30.5. The van der Waals surface area contributed by atoms with Crippen molar-refractivity contribution in [3.8, 4) is 5.75 Å². The minimum atomic E-state index is -0.0672. The van der Waals surface area contributed by atoms with Gasteiger partial charge in [-0.05, 0) is 80.5 Å². The van der Waals surface area contributed by atoms with E-state index in [2.05, 4.69) is 10.2 Å². The summed E-state index contributed by atoms with van der Waals surface area (Å²) in [5.41, 5.74) is -0.0672. The van der Waals surface area contributed by atoms with Gasteiger partial charge in [0.1, 0.15) is 11.5 Å². The average Bonchev–Trinajstić information content (AvgIpc) is 3.12. The zero-order chi connectivity index (χ0) is 19.1. The first-order valence-electron chi connectivity index (χ1n) is 9.95. The first-order chi connectivity index (χ1) is 13.6. The Bertz CT molecular complexity index is 832. The lowest BCUT2D eigenvalue weighted by atomic mass is 9.48. The maximum atomic E-state index is 13.1. The molecule has 4 aliphatic rings. The number of carbonyl (C=O) groups is 1. The first kappa shape index (κ1) is 18.5. The van der Waals surface area contributed by atoms with Crippen molar-refractivity contribution in [3.05, 3.63) is 35.2 Å². The monoisotopic (exact) mass is 418 g/mol. The van der Waals surface area contributed by atoms with Crippen LogP contribution in [0.2, 0.25) is 5.02 Å². The molecule has 2 aromatic rings. The van der Waals surface area contributed by atoms with E-state index in [1.807, 2.05) is 0 Å². The zero-order valence-electron chi connectivity index (χ0n) is 15.6. The van der Waals surface area contributed by atoms with E-state index in [-0.39, 0.29) is 12.0 Å². The zero-order valence-corrected chi connectivity index (χ0v) is 17.2. The minimum Gasteiger partial charge on any atom is -0.484 e. The van der Waals surface area contributed by atoms with Crippen LogP contribution in [0.4, 0.5) is 0 Å². The van der Waals surface area contributed by atoms with Crippen LogP contribution in [0, 0.1) is 23.2 Å². The van der Waals surface area contributed by atoms with Crippen molar-refractivity contribution in [2.24, 2.45) is 23.2 Å². The number of benzene rings is 1. The van der Waals surface area contributed by atoms with Crippen molar-refractivity contribution >= 4 is 29.1 Å². The van der Waals surface area contributed by atoms with Crippen LogP contribution in [0.1, 0.15) is 44.4 Å². The lowest BCUT2D eigenvalue weighted by Gasteiger charge is -2.55. The van der Waals surface area contributed by atoms with Crippen LogP contribution < -0.4 is 4.74 Å². The van der Waals surface area contributed by atoms with Crippen LogP contribution in [0.5, 0.6) is 5.75 Å². The Morgan fingerprint density at radius 3 is 2.39 bits per heavy atom. The second-order valence-corrected chi connectivity index (χ2v) is 9.98. The van der Waals surface area contributed by atoms with Gasteiger partial charge in [0.2, 0.25) is 0 Å². The Hall–Kier alpha value is -1.53. The molecule has 0 spiro atoms. The summed E-state index contributed by atoms with van der Waals surface area (Å²) in [6.07, 6.45) is 7.34. The number of aromatic nitrogens is 2. The van der Waals surface area contributed by atoms with Gasteiger partial charge in [-0.3, -0.25) is 4.79 Å². The van der Waals surface area contributed by atoms with Gasteiger partial charge in [-0.15, -0.1) is 10.2 Å². The molecule has 0 aliphatic heterocycles. The molecule has 0 radical (unpaired) electrons. The molecule has 5 nitrogen and oxygen atoms in total. The largest absolute Gasteiger partial charge is 0.484 e. The van der Waals surface area contributed by atoms with Gasteiger partial charge in [0, 0.05) is 10.4 Å². The molecule has 0 unspecified atom stereocenters. The second-order valence-electron chi connectivity index (χ2n) is 8.61. The lowest BCUT2D eigenvalue weighted by molar-refractivity contribution is -0.141. The van der Waals surface area contributed by atoms with Crippen LogP contribution in [-0.4, -0.2) is 21.7 Å². The lowest BCUT2D eigenvalue weighted by Crippen LogP contribution is -2.50. The summed E-state index contributed by atoms with van der Waals surface area (Å²) in [7, 11) is 0. The van der Waals surface area contributed by atoms with E-state index >= 15 is 0 Å². The van der Waals surface area contributed by atoms with Gasteiger partial charge in [-0.2, -0.15) is 0 Å². The van der Waals surface area contributed by atoms with Crippen LogP contribution in [0.3, 0.4) is 0 Å². The maximum Gasteiger partial charge on any atom is 0.277 e. The fraction of sp³-hybridized carbons (Fsp3) is 0.571. The second kappa shape index (κ2) is 7.38. The summed E-state index contributed by atoms with van der Waals surface area (Å²) in [6.45, 7) is 0.193. The van der Waals surface area contributed by atoms with Gasteiger partial charge in [0.15, 0.2) is 6.61 Å². The van der Waals surface area contributed by atoms with Crippen molar-refractivity contribution in [1.29, 1.82) is 0 Å². The summed E-state index contributed by atoms with van der Waals surface area (Å²) in [5, 5.41) is 9.17. The van der Waals surface area contributed by atoms with Gasteiger partial charge in [0.25, 0.3) is 11.1 Å². The quantitative estimate of drug-likeness (QED) is 0.577. The molecule has 0 N–H and O–H groups in total. The van der Waals surface area contributed by atoms with Gasteiger partial charge in [-0.25, -0.2) is 0 Å². The topological polar surface area (TPSA) is 65.2 Å². The summed E-state index contributed by atoms with van der Waals surface area (Å²) in [6, 6.07) is 7.11. The van der Waals surface area contributed by atoms with Gasteiger partial charge < -0.3 is 9.15 Å². The van der Waals surface area contributed by atoms with E-state index in [1.54, 1.807) is 24.3 Å². The summed E-state index contributed by atoms with van der Waals surface area (Å²) in [4.78, 5) is 13.1. The molecule has 28 heavy (non-hydrogen) atoms. The van der Waals surface area contributed by atoms with Gasteiger partial charge >= 0.3 is 0 Å². The van der Waals surface area contributed by atoms with E-state index in [1.165, 1.54) is 31.0 Å². The Labute approximate surface area is 173 Å². The highest BCUT2D eigenvalue weighted by molar-refractivity contribution is 7.99. The SMILES string of the molecule is O=C(CSc1nnc(COc2ccc(Cl)cc2)o1)C12CC3CC(CC(C3)C1)C2. The molecule has 1 heterocycles. The van der Waals surface area contributed by atoms with E-state index in [4.69, 9.17) is 20.8 Å². The average molecular weight is 419 g/mol. The van der Waals surface area contributed by atoms with Crippen LogP contribution in [-0.2, 0) is 11.4 Å². The molecule has 1 aromatic carbocycles. The third-order valence-electron chi connectivity index (χ3n) is 6.58. The first-order valence-corrected chi connectivity index (χ1v) is 11.3. The fourth-order valence-corrected chi connectivity index (χ4v) is 6.70. The highest BCUT2D eigenvalue weighted by atomic mass is 35.5. The highest BCUT2D eigenvalue weighted by Gasteiger charge is 2.54. The van der Waals surface area contributed by atoms with Crippen molar-refractivity contribution in [3.63, 3.8) is 0 Å². The predicted octanol–water partition coefficient (Wildman–Crippen LogP) is 5.18. The van der Waals surface area contributed by atoms with Crippen molar-refractivity contribution < 1.29 is 13.9 Å². The van der Waals surface area contributed by atoms with Crippen molar-refractivity contribution in [2.75, 3.05) is 5.75 Å². The molecule has 0 saturated heterocycles. The number of hydrogen-bond acceptors (Lipinski definition) is 6. The van der Waals surface area contributed by atoms with Crippen LogP contribution >= 0.6 is 23.4 Å². The van der Waals surface area contributed by atoms with E-state index < -0.39 is 0 Å². The minimum absolute atomic E-state index is 0.0672. The van der Waals surface area contributed by atoms with E-state index in [0.29, 0.717) is 33.4 Å². The Kier molecular flexibility index (Phi) is 4.87. The Morgan fingerprint density at radius 2 is 1.75 bits per heavy atom. The highest BCUT2D eigenvalue weighted by Crippen LogP contribution is 2.60. The number of ether oxygens (including phenoxy) is 1. The van der Waals surface area contributed by atoms with Crippen LogP contribution in [0.25, 0.3) is 0 Å².